The number of carboxylic acids is 1. The summed E-state index contributed by atoms with van der Waals surface area (Å²) in [4.78, 5) is 10.8. The van der Waals surface area contributed by atoms with Gasteiger partial charge < -0.3 is 9.84 Å². The molecule has 0 saturated carbocycles. The Bertz CT molecular complexity index is 241. The molecule has 1 N–H and O–H groups in total. The lowest BCUT2D eigenvalue weighted by Crippen LogP contribution is -2.53. The van der Waals surface area contributed by atoms with E-state index < -0.39 is 24.2 Å². The predicted octanol–water partition coefficient (Wildman–Crippen LogP) is 3.38. The fourth-order valence-corrected chi connectivity index (χ4v) is 1.65. The van der Waals surface area contributed by atoms with E-state index in [1.165, 1.54) is 0 Å². The molecule has 0 aromatic carbocycles. The monoisotopic (exact) mass is 256 g/mol. The summed E-state index contributed by atoms with van der Waals surface area (Å²) in [6.07, 6.45) is -1.91. The fourth-order valence-electron chi connectivity index (χ4n) is 1.65. The Morgan fingerprint density at radius 2 is 1.71 bits per heavy atom. The predicted molar refractivity (Wildman–Crippen MR) is 56.8 cm³/mol. The summed E-state index contributed by atoms with van der Waals surface area (Å²) in [5.74, 6) is -1.97. The summed E-state index contributed by atoms with van der Waals surface area (Å²) in [5.41, 5.74) is -3.06. The lowest BCUT2D eigenvalue weighted by atomic mass is 9.94. The molecule has 6 heteroatoms. The molecule has 0 aromatic heterocycles. The van der Waals surface area contributed by atoms with E-state index in [2.05, 4.69) is 4.74 Å². The summed E-state index contributed by atoms with van der Waals surface area (Å²) in [5, 5.41) is 8.72. The number of alkyl halides is 3. The lowest BCUT2D eigenvalue weighted by Gasteiger charge is -2.30. The second-order valence-corrected chi connectivity index (χ2v) is 4.00. The van der Waals surface area contributed by atoms with Gasteiger partial charge in [-0.05, 0) is 12.8 Å². The number of hydrogen-bond acceptors (Lipinski definition) is 2. The van der Waals surface area contributed by atoms with Crippen LogP contribution in [-0.2, 0) is 9.53 Å². The fraction of sp³-hybridized carbons (Fsp3) is 0.909. The van der Waals surface area contributed by atoms with Crippen LogP contribution in [0, 0.1) is 0 Å². The molecule has 3 nitrogen and oxygen atoms in total. The third-order valence-corrected chi connectivity index (χ3v) is 2.78. The number of unbranched alkanes of at least 4 members (excludes halogenated alkanes) is 4. The third kappa shape index (κ3) is 4.18. The van der Waals surface area contributed by atoms with E-state index in [1.807, 2.05) is 6.92 Å². The van der Waals surface area contributed by atoms with Gasteiger partial charge in [0.05, 0.1) is 0 Å². The summed E-state index contributed by atoms with van der Waals surface area (Å²) in [7, 11) is 0.785. The number of carboxylic acid groups (broad SMARTS) is 1. The van der Waals surface area contributed by atoms with E-state index >= 15 is 0 Å². The minimum Gasteiger partial charge on any atom is -0.479 e. The average molecular weight is 256 g/mol. The Kier molecular flexibility index (Phi) is 6.52. The molecular formula is C11H19F3O3. The van der Waals surface area contributed by atoms with E-state index in [9.17, 15) is 18.0 Å². The minimum atomic E-state index is -4.89. The molecule has 0 heterocycles. The van der Waals surface area contributed by atoms with Crippen LogP contribution >= 0.6 is 0 Å². The number of ether oxygens (including phenoxy) is 1. The van der Waals surface area contributed by atoms with Crippen molar-refractivity contribution in [3.8, 4) is 0 Å². The van der Waals surface area contributed by atoms with Crippen molar-refractivity contribution in [2.75, 3.05) is 7.11 Å². The van der Waals surface area contributed by atoms with Gasteiger partial charge in [-0.3, -0.25) is 0 Å². The van der Waals surface area contributed by atoms with Crippen molar-refractivity contribution in [2.24, 2.45) is 0 Å². The topological polar surface area (TPSA) is 46.5 Å². The molecule has 0 radical (unpaired) electrons. The summed E-state index contributed by atoms with van der Waals surface area (Å²) in [6.45, 7) is 1.99. The highest BCUT2D eigenvalue weighted by Gasteiger charge is 2.61. The maximum absolute atomic E-state index is 12.7. The minimum absolute atomic E-state index is 0.194. The van der Waals surface area contributed by atoms with Crippen molar-refractivity contribution >= 4 is 5.97 Å². The largest absolute Gasteiger partial charge is 0.479 e. The number of rotatable bonds is 8. The second kappa shape index (κ2) is 6.83. The molecule has 1 atom stereocenters. The molecule has 102 valence electrons. The Hall–Kier alpha value is -0.780. The SMILES string of the molecule is CCCCCCC[C@](OC)(C(=O)O)C(F)(F)F. The molecule has 0 unspecified atom stereocenters. The van der Waals surface area contributed by atoms with Crippen molar-refractivity contribution in [1.29, 1.82) is 0 Å². The number of carbonyl (C=O) groups is 1. The Labute approximate surface area is 99.0 Å². The first-order valence-corrected chi connectivity index (χ1v) is 5.67. The van der Waals surface area contributed by atoms with Gasteiger partial charge in [-0.25, -0.2) is 4.79 Å². The molecule has 0 amide bonds. The van der Waals surface area contributed by atoms with E-state index in [1.54, 1.807) is 0 Å². The smallest absolute Gasteiger partial charge is 0.428 e. The van der Waals surface area contributed by atoms with Gasteiger partial charge in [0.2, 0.25) is 0 Å². The van der Waals surface area contributed by atoms with Crippen molar-refractivity contribution in [2.45, 2.75) is 57.2 Å². The van der Waals surface area contributed by atoms with Gasteiger partial charge in [0, 0.05) is 7.11 Å². The molecule has 0 aliphatic rings. The van der Waals surface area contributed by atoms with Crippen molar-refractivity contribution in [3.63, 3.8) is 0 Å². The van der Waals surface area contributed by atoms with Gasteiger partial charge in [-0.15, -0.1) is 0 Å². The van der Waals surface area contributed by atoms with E-state index in [0.717, 1.165) is 26.4 Å². The molecule has 0 aliphatic carbocycles. The van der Waals surface area contributed by atoms with Crippen molar-refractivity contribution < 1.29 is 27.8 Å². The zero-order valence-electron chi connectivity index (χ0n) is 10.1. The summed E-state index contributed by atoms with van der Waals surface area (Å²) < 4.78 is 42.3. The van der Waals surface area contributed by atoms with Gasteiger partial charge in [-0.2, -0.15) is 13.2 Å². The standard InChI is InChI=1S/C11H19F3O3/c1-3-4-5-6-7-8-10(17-2,9(15)16)11(12,13)14/h3-8H2,1-2H3,(H,15,16)/t10-/m0/s1. The van der Waals surface area contributed by atoms with Crippen LogP contribution in [0.25, 0.3) is 0 Å². The van der Waals surface area contributed by atoms with Gasteiger partial charge in [-0.1, -0.05) is 32.6 Å². The number of methoxy groups -OCH3 is 1. The molecular weight excluding hydrogens is 237 g/mol. The zero-order valence-corrected chi connectivity index (χ0v) is 10.1. The number of aliphatic carboxylic acids is 1. The molecule has 0 rings (SSSR count). The van der Waals surface area contributed by atoms with Crippen LogP contribution in [0.1, 0.15) is 45.4 Å². The Morgan fingerprint density at radius 1 is 1.18 bits per heavy atom. The van der Waals surface area contributed by atoms with Crippen LogP contribution in [0.4, 0.5) is 13.2 Å². The average Bonchev–Trinajstić information content (AvgIpc) is 2.21. The van der Waals surface area contributed by atoms with E-state index in [-0.39, 0.29) is 6.42 Å². The van der Waals surface area contributed by atoms with Crippen molar-refractivity contribution in [3.05, 3.63) is 0 Å². The third-order valence-electron chi connectivity index (χ3n) is 2.78. The first-order chi connectivity index (χ1) is 7.81. The van der Waals surface area contributed by atoms with Gasteiger partial charge in [0.25, 0.3) is 5.60 Å². The molecule has 0 fully saturated rings. The number of hydrogen-bond donors (Lipinski definition) is 1. The maximum Gasteiger partial charge on any atom is 0.428 e. The van der Waals surface area contributed by atoms with Crippen LogP contribution in [0.3, 0.4) is 0 Å². The van der Waals surface area contributed by atoms with Crippen LogP contribution in [0.15, 0.2) is 0 Å². The second-order valence-electron chi connectivity index (χ2n) is 4.00. The summed E-state index contributed by atoms with van der Waals surface area (Å²) >= 11 is 0. The zero-order chi connectivity index (χ0) is 13.5. The highest BCUT2D eigenvalue weighted by molar-refractivity contribution is 5.78. The van der Waals surface area contributed by atoms with Crippen LogP contribution in [-0.4, -0.2) is 30.0 Å². The van der Waals surface area contributed by atoms with Crippen LogP contribution in [0.2, 0.25) is 0 Å². The summed E-state index contributed by atoms with van der Waals surface area (Å²) in [6, 6.07) is 0. The van der Waals surface area contributed by atoms with Gasteiger partial charge in [0.1, 0.15) is 0 Å². The lowest BCUT2D eigenvalue weighted by molar-refractivity contribution is -0.270. The number of halogens is 3. The molecule has 0 aromatic rings. The Balaban J connectivity index is 4.46. The normalized spacial score (nSPS) is 15.6. The van der Waals surface area contributed by atoms with Gasteiger partial charge >= 0.3 is 12.1 Å². The van der Waals surface area contributed by atoms with E-state index in [0.29, 0.717) is 6.42 Å². The van der Waals surface area contributed by atoms with Crippen LogP contribution in [0.5, 0.6) is 0 Å². The van der Waals surface area contributed by atoms with E-state index in [4.69, 9.17) is 5.11 Å². The van der Waals surface area contributed by atoms with Gasteiger partial charge in [0.15, 0.2) is 0 Å². The van der Waals surface area contributed by atoms with Crippen LogP contribution < -0.4 is 0 Å². The molecule has 0 saturated heterocycles. The maximum atomic E-state index is 12.7. The highest BCUT2D eigenvalue weighted by Crippen LogP contribution is 2.37. The van der Waals surface area contributed by atoms with Crippen molar-refractivity contribution in [1.82, 2.24) is 0 Å². The molecule has 17 heavy (non-hydrogen) atoms. The first kappa shape index (κ1) is 16.2. The molecule has 0 bridgehead atoms. The molecule has 0 spiro atoms. The first-order valence-electron chi connectivity index (χ1n) is 5.67. The quantitative estimate of drug-likeness (QED) is 0.677. The highest BCUT2D eigenvalue weighted by atomic mass is 19.4. The Morgan fingerprint density at radius 3 is 2.06 bits per heavy atom. The molecule has 0 aliphatic heterocycles.